The normalized spacial score (nSPS) is 11.4. The Labute approximate surface area is 172 Å². The second-order valence-electron chi connectivity index (χ2n) is 6.71. The fraction of sp³-hybridized carbons (Fsp3) is 0.304. The summed E-state index contributed by atoms with van der Waals surface area (Å²) in [4.78, 5) is 8.94. The average molecular weight is 392 g/mol. The molecular formula is C23H29N5O. The second kappa shape index (κ2) is 10.3. The van der Waals surface area contributed by atoms with Gasteiger partial charge in [0, 0.05) is 32.2 Å². The molecule has 152 valence electrons. The molecular weight excluding hydrogens is 362 g/mol. The summed E-state index contributed by atoms with van der Waals surface area (Å²) in [5.74, 6) is 2.68. The molecule has 0 fully saturated rings. The Morgan fingerprint density at radius 2 is 1.97 bits per heavy atom. The maximum Gasteiger partial charge on any atom is 0.191 e. The number of guanidine groups is 1. The van der Waals surface area contributed by atoms with Gasteiger partial charge in [0.1, 0.15) is 18.2 Å². The van der Waals surface area contributed by atoms with Crippen molar-refractivity contribution in [1.82, 2.24) is 20.2 Å². The first kappa shape index (κ1) is 20.5. The molecule has 2 N–H and O–H groups in total. The van der Waals surface area contributed by atoms with E-state index in [1.54, 1.807) is 13.1 Å². The second-order valence-corrected chi connectivity index (χ2v) is 6.71. The number of hydrogen-bond donors (Lipinski definition) is 2. The third-order valence-electron chi connectivity index (χ3n) is 4.70. The van der Waals surface area contributed by atoms with E-state index in [-0.39, 0.29) is 0 Å². The fourth-order valence-corrected chi connectivity index (χ4v) is 3.26. The van der Waals surface area contributed by atoms with E-state index in [0.717, 1.165) is 48.1 Å². The van der Waals surface area contributed by atoms with Crippen LogP contribution in [-0.4, -0.2) is 35.7 Å². The molecule has 0 saturated carbocycles. The molecule has 0 radical (unpaired) electrons. The number of aliphatic imine (C=N–C) groups is 1. The van der Waals surface area contributed by atoms with Crippen LogP contribution in [0.2, 0.25) is 0 Å². The van der Waals surface area contributed by atoms with Crippen molar-refractivity contribution >= 4 is 17.0 Å². The Hall–Kier alpha value is -3.28. The number of nitrogens with zero attached hydrogens (tertiary/aromatic N) is 3. The molecule has 0 spiro atoms. The third-order valence-corrected chi connectivity index (χ3v) is 4.70. The maximum atomic E-state index is 5.71. The summed E-state index contributed by atoms with van der Waals surface area (Å²) >= 11 is 0. The number of hydrogen-bond acceptors (Lipinski definition) is 3. The monoisotopic (exact) mass is 391 g/mol. The lowest BCUT2D eigenvalue weighted by molar-refractivity contribution is 0.358. The SMILES string of the molecule is C=CCOc1ccccc1CNC(=NC)NCCCn1c(C)nc2ccccc21. The molecule has 6 nitrogen and oxygen atoms in total. The lowest BCUT2D eigenvalue weighted by atomic mass is 10.2. The lowest BCUT2D eigenvalue weighted by Gasteiger charge is -2.14. The first-order valence-corrected chi connectivity index (χ1v) is 9.91. The van der Waals surface area contributed by atoms with Gasteiger partial charge in [-0.15, -0.1) is 0 Å². The molecule has 1 heterocycles. The Morgan fingerprint density at radius 3 is 2.79 bits per heavy atom. The zero-order valence-electron chi connectivity index (χ0n) is 17.2. The largest absolute Gasteiger partial charge is 0.489 e. The molecule has 0 bridgehead atoms. The first-order chi connectivity index (χ1) is 14.2. The standard InChI is InChI=1S/C23H29N5O/c1-4-16-29-22-13-8-5-10-19(22)17-26-23(24-3)25-14-9-15-28-18(2)27-20-11-6-7-12-21(20)28/h4-8,10-13H,1,9,14-17H2,2-3H3,(H2,24,25,26). The van der Waals surface area contributed by atoms with Crippen LogP contribution < -0.4 is 15.4 Å². The number of ether oxygens (including phenoxy) is 1. The minimum Gasteiger partial charge on any atom is -0.489 e. The molecule has 0 saturated heterocycles. The number of aromatic nitrogens is 2. The summed E-state index contributed by atoms with van der Waals surface area (Å²) in [5.41, 5.74) is 3.31. The first-order valence-electron chi connectivity index (χ1n) is 9.91. The smallest absolute Gasteiger partial charge is 0.191 e. The van der Waals surface area contributed by atoms with Gasteiger partial charge in [-0.25, -0.2) is 4.98 Å². The fourth-order valence-electron chi connectivity index (χ4n) is 3.26. The molecule has 0 aliphatic carbocycles. The number of rotatable bonds is 9. The van der Waals surface area contributed by atoms with Crippen LogP contribution in [0.4, 0.5) is 0 Å². The van der Waals surface area contributed by atoms with Gasteiger partial charge in [-0.1, -0.05) is 43.0 Å². The molecule has 3 rings (SSSR count). The maximum absolute atomic E-state index is 5.71. The van der Waals surface area contributed by atoms with Crippen LogP contribution in [0.15, 0.2) is 66.2 Å². The summed E-state index contributed by atoms with van der Waals surface area (Å²) < 4.78 is 7.98. The van der Waals surface area contributed by atoms with Gasteiger partial charge in [0.15, 0.2) is 5.96 Å². The highest BCUT2D eigenvalue weighted by atomic mass is 16.5. The van der Waals surface area contributed by atoms with Crippen molar-refractivity contribution in [1.29, 1.82) is 0 Å². The minimum atomic E-state index is 0.492. The third kappa shape index (κ3) is 5.38. The van der Waals surface area contributed by atoms with Crippen molar-refractivity contribution in [2.45, 2.75) is 26.4 Å². The highest BCUT2D eigenvalue weighted by molar-refractivity contribution is 5.79. The number of para-hydroxylation sites is 3. The van der Waals surface area contributed by atoms with Gasteiger partial charge in [-0.2, -0.15) is 0 Å². The summed E-state index contributed by atoms with van der Waals surface area (Å²) in [6, 6.07) is 16.2. The van der Waals surface area contributed by atoms with E-state index in [2.05, 4.69) is 56.9 Å². The highest BCUT2D eigenvalue weighted by Crippen LogP contribution is 2.18. The highest BCUT2D eigenvalue weighted by Gasteiger charge is 2.07. The molecule has 0 unspecified atom stereocenters. The van der Waals surface area contributed by atoms with Crippen molar-refractivity contribution in [2.75, 3.05) is 20.2 Å². The van der Waals surface area contributed by atoms with Crippen molar-refractivity contribution in [3.63, 3.8) is 0 Å². The predicted octanol–water partition coefficient (Wildman–Crippen LogP) is 3.66. The molecule has 0 aliphatic heterocycles. The van der Waals surface area contributed by atoms with Crippen LogP contribution >= 0.6 is 0 Å². The Morgan fingerprint density at radius 1 is 1.17 bits per heavy atom. The predicted molar refractivity (Wildman–Crippen MR) is 119 cm³/mol. The van der Waals surface area contributed by atoms with E-state index in [9.17, 15) is 0 Å². The number of aryl methyl sites for hydroxylation is 2. The van der Waals surface area contributed by atoms with Crippen molar-refractivity contribution < 1.29 is 4.74 Å². The van der Waals surface area contributed by atoms with Crippen LogP contribution in [0, 0.1) is 6.92 Å². The average Bonchev–Trinajstić information content (AvgIpc) is 3.07. The zero-order valence-corrected chi connectivity index (χ0v) is 17.2. The molecule has 2 aromatic carbocycles. The van der Waals surface area contributed by atoms with Gasteiger partial charge in [0.05, 0.1) is 11.0 Å². The zero-order chi connectivity index (χ0) is 20.5. The van der Waals surface area contributed by atoms with Gasteiger partial charge >= 0.3 is 0 Å². The minimum absolute atomic E-state index is 0.492. The van der Waals surface area contributed by atoms with Crippen LogP contribution in [0.3, 0.4) is 0 Å². The number of benzene rings is 2. The molecule has 0 aliphatic rings. The Bertz CT molecular complexity index is 976. The quantitative estimate of drug-likeness (QED) is 0.253. The van der Waals surface area contributed by atoms with Gasteiger partial charge in [0.25, 0.3) is 0 Å². The van der Waals surface area contributed by atoms with Crippen LogP contribution in [0.5, 0.6) is 5.75 Å². The van der Waals surface area contributed by atoms with Crippen LogP contribution in [-0.2, 0) is 13.1 Å². The molecule has 6 heteroatoms. The topological polar surface area (TPSA) is 63.5 Å². The van der Waals surface area contributed by atoms with E-state index in [4.69, 9.17) is 4.74 Å². The summed E-state index contributed by atoms with van der Waals surface area (Å²) in [6.07, 6.45) is 2.72. The van der Waals surface area contributed by atoms with E-state index in [1.807, 2.05) is 30.3 Å². The molecule has 29 heavy (non-hydrogen) atoms. The van der Waals surface area contributed by atoms with E-state index in [1.165, 1.54) is 5.52 Å². The Balaban J connectivity index is 1.49. The van der Waals surface area contributed by atoms with E-state index < -0.39 is 0 Å². The van der Waals surface area contributed by atoms with Crippen LogP contribution in [0.25, 0.3) is 11.0 Å². The number of imidazole rings is 1. The Kier molecular flexibility index (Phi) is 7.28. The summed E-state index contributed by atoms with van der Waals surface area (Å²) in [7, 11) is 1.78. The van der Waals surface area contributed by atoms with Crippen molar-refractivity contribution in [3.05, 3.63) is 72.6 Å². The molecule has 3 aromatic rings. The molecule has 0 atom stereocenters. The molecule has 0 amide bonds. The summed E-state index contributed by atoms with van der Waals surface area (Å²) in [6.45, 7) is 8.62. The number of fused-ring (bicyclic) bond motifs is 1. The lowest BCUT2D eigenvalue weighted by Crippen LogP contribution is -2.37. The van der Waals surface area contributed by atoms with Crippen LogP contribution in [0.1, 0.15) is 17.8 Å². The van der Waals surface area contributed by atoms with E-state index >= 15 is 0 Å². The number of nitrogens with one attached hydrogen (secondary N) is 2. The van der Waals surface area contributed by atoms with Gasteiger partial charge in [0.2, 0.25) is 0 Å². The van der Waals surface area contributed by atoms with Gasteiger partial charge in [-0.3, -0.25) is 4.99 Å². The molecule has 1 aromatic heterocycles. The van der Waals surface area contributed by atoms with Crippen molar-refractivity contribution in [2.24, 2.45) is 4.99 Å². The van der Waals surface area contributed by atoms with Crippen molar-refractivity contribution in [3.8, 4) is 5.75 Å². The van der Waals surface area contributed by atoms with Gasteiger partial charge in [-0.05, 0) is 31.5 Å². The van der Waals surface area contributed by atoms with Gasteiger partial charge < -0.3 is 19.9 Å². The van der Waals surface area contributed by atoms with E-state index in [0.29, 0.717) is 13.2 Å². The summed E-state index contributed by atoms with van der Waals surface area (Å²) in [5, 5.41) is 6.73.